The fourth-order valence-corrected chi connectivity index (χ4v) is 3.47. The number of hydrogen-bond acceptors (Lipinski definition) is 4. The molecule has 0 atom stereocenters. The van der Waals surface area contributed by atoms with Gasteiger partial charge in [0.05, 0.1) is 12.3 Å². The molecule has 4 rings (SSSR count). The van der Waals surface area contributed by atoms with Crippen molar-refractivity contribution in [2.75, 3.05) is 12.4 Å². The minimum atomic E-state index is -2.52. The molecule has 2 aromatic rings. The van der Waals surface area contributed by atoms with Gasteiger partial charge in [0.2, 0.25) is 5.92 Å². The van der Waals surface area contributed by atoms with E-state index < -0.39 is 5.92 Å². The van der Waals surface area contributed by atoms with Gasteiger partial charge in [-0.3, -0.25) is 0 Å². The van der Waals surface area contributed by atoms with Gasteiger partial charge in [-0.15, -0.1) is 0 Å². The Morgan fingerprint density at radius 2 is 2.00 bits per heavy atom. The van der Waals surface area contributed by atoms with E-state index >= 15 is 0 Å². The molecule has 0 spiro atoms. The van der Waals surface area contributed by atoms with Crippen LogP contribution < -0.4 is 5.32 Å². The number of alkyl halides is 2. The minimum Gasteiger partial charge on any atom is -0.380 e. The van der Waals surface area contributed by atoms with Crippen molar-refractivity contribution in [2.45, 2.75) is 63.0 Å². The van der Waals surface area contributed by atoms with Crippen LogP contribution in [0.4, 0.5) is 14.6 Å². The lowest BCUT2D eigenvalue weighted by Crippen LogP contribution is -2.32. The Morgan fingerprint density at radius 1 is 1.23 bits per heavy atom. The van der Waals surface area contributed by atoms with Crippen molar-refractivity contribution in [3.05, 3.63) is 35.7 Å². The van der Waals surface area contributed by atoms with Gasteiger partial charge < -0.3 is 10.1 Å². The summed E-state index contributed by atoms with van der Waals surface area (Å²) in [5, 5.41) is 7.97. The molecule has 2 aliphatic rings. The number of pyridine rings is 1. The van der Waals surface area contributed by atoms with Crippen molar-refractivity contribution in [1.29, 1.82) is 0 Å². The second kappa shape index (κ2) is 6.95. The lowest BCUT2D eigenvalue weighted by Gasteiger charge is -2.29. The van der Waals surface area contributed by atoms with Crippen molar-refractivity contribution in [3.8, 4) is 5.82 Å². The van der Waals surface area contributed by atoms with Gasteiger partial charge in [0.15, 0.2) is 5.82 Å². The molecule has 0 aromatic carbocycles. The Hall–Kier alpha value is -2.02. The maximum Gasteiger partial charge on any atom is 0.248 e. The first-order chi connectivity index (χ1) is 12.5. The van der Waals surface area contributed by atoms with E-state index in [9.17, 15) is 8.78 Å². The monoisotopic (exact) mass is 362 g/mol. The van der Waals surface area contributed by atoms with Gasteiger partial charge in [0.25, 0.3) is 0 Å². The van der Waals surface area contributed by atoms with E-state index in [1.54, 1.807) is 11.8 Å². The van der Waals surface area contributed by atoms with Crippen LogP contribution in [0.15, 0.2) is 24.4 Å². The van der Waals surface area contributed by atoms with Crippen LogP contribution in [0.25, 0.3) is 5.82 Å². The third kappa shape index (κ3) is 4.03. The van der Waals surface area contributed by atoms with Crippen LogP contribution >= 0.6 is 0 Å². The van der Waals surface area contributed by atoms with E-state index in [-0.39, 0.29) is 18.9 Å². The zero-order chi connectivity index (χ0) is 18.1. The van der Waals surface area contributed by atoms with Gasteiger partial charge in [0.1, 0.15) is 5.82 Å². The first-order valence-electron chi connectivity index (χ1n) is 9.23. The minimum absolute atomic E-state index is 0.0208. The summed E-state index contributed by atoms with van der Waals surface area (Å²) in [5.41, 5.74) is 2.08. The third-order valence-electron chi connectivity index (χ3n) is 5.09. The van der Waals surface area contributed by atoms with Crippen molar-refractivity contribution in [3.63, 3.8) is 0 Å². The molecule has 2 aliphatic carbocycles. The first kappa shape index (κ1) is 17.4. The van der Waals surface area contributed by atoms with E-state index in [0.29, 0.717) is 31.2 Å². The summed E-state index contributed by atoms with van der Waals surface area (Å²) in [5.74, 6) is -0.536. The Kier molecular flexibility index (Phi) is 4.65. The summed E-state index contributed by atoms with van der Waals surface area (Å²) in [6.45, 7) is 0.462. The highest BCUT2D eigenvalue weighted by Crippen LogP contribution is 2.39. The number of anilines is 1. The largest absolute Gasteiger partial charge is 0.380 e. The van der Waals surface area contributed by atoms with Gasteiger partial charge in [-0.05, 0) is 49.4 Å². The summed E-state index contributed by atoms with van der Waals surface area (Å²) >= 11 is 0. The second-order valence-corrected chi connectivity index (χ2v) is 7.39. The summed E-state index contributed by atoms with van der Waals surface area (Å²) in [4.78, 5) is 4.66. The standard InChI is InChI=1S/C19H24F2N4O/c1-26-12-13-10-17(22-15-4-7-19(20,21)8-5-15)23-18(11-13)25-9-6-16(24-25)14-2-3-14/h6,9-11,14-15H,2-5,7-8,12H2,1H3,(H,22,23). The number of aromatic nitrogens is 3. The van der Waals surface area contributed by atoms with E-state index in [1.807, 2.05) is 24.4 Å². The highest BCUT2D eigenvalue weighted by molar-refractivity contribution is 5.44. The molecule has 0 aliphatic heterocycles. The molecule has 2 saturated carbocycles. The number of methoxy groups -OCH3 is 1. The van der Waals surface area contributed by atoms with Gasteiger partial charge in [-0.1, -0.05) is 0 Å². The number of hydrogen-bond donors (Lipinski definition) is 1. The van der Waals surface area contributed by atoms with Crippen LogP contribution in [-0.4, -0.2) is 33.8 Å². The molecule has 1 N–H and O–H groups in total. The highest BCUT2D eigenvalue weighted by atomic mass is 19.3. The molecule has 0 saturated heterocycles. The molecule has 0 amide bonds. The highest BCUT2D eigenvalue weighted by Gasteiger charge is 2.35. The van der Waals surface area contributed by atoms with Crippen LogP contribution in [0.3, 0.4) is 0 Å². The van der Waals surface area contributed by atoms with Crippen LogP contribution in [-0.2, 0) is 11.3 Å². The topological polar surface area (TPSA) is 52.0 Å². The van der Waals surface area contributed by atoms with Crippen LogP contribution in [0.1, 0.15) is 55.7 Å². The Morgan fingerprint density at radius 3 is 2.69 bits per heavy atom. The van der Waals surface area contributed by atoms with E-state index in [1.165, 1.54) is 12.8 Å². The second-order valence-electron chi connectivity index (χ2n) is 7.39. The number of rotatable bonds is 6. The summed E-state index contributed by atoms with van der Waals surface area (Å²) < 4.78 is 33.8. The molecule has 140 valence electrons. The maximum absolute atomic E-state index is 13.4. The quantitative estimate of drug-likeness (QED) is 0.833. The first-order valence-corrected chi connectivity index (χ1v) is 9.23. The Labute approximate surface area is 151 Å². The predicted molar refractivity (Wildman–Crippen MR) is 94.9 cm³/mol. The molecule has 26 heavy (non-hydrogen) atoms. The Bertz CT molecular complexity index is 763. The average molecular weight is 362 g/mol. The molecule has 0 radical (unpaired) electrons. The van der Waals surface area contributed by atoms with Gasteiger partial charge in [-0.2, -0.15) is 5.10 Å². The summed E-state index contributed by atoms with van der Waals surface area (Å²) in [6, 6.07) is 5.93. The zero-order valence-corrected chi connectivity index (χ0v) is 14.9. The van der Waals surface area contributed by atoms with E-state index in [0.717, 1.165) is 17.1 Å². The smallest absolute Gasteiger partial charge is 0.248 e. The van der Waals surface area contributed by atoms with E-state index in [4.69, 9.17) is 4.74 Å². The van der Waals surface area contributed by atoms with Gasteiger partial charge in [-0.25, -0.2) is 18.4 Å². The number of nitrogens with zero attached hydrogens (tertiary/aromatic N) is 3. The normalized spacial score (nSPS) is 20.3. The summed E-state index contributed by atoms with van der Waals surface area (Å²) in [7, 11) is 1.65. The maximum atomic E-state index is 13.4. The molecule has 5 nitrogen and oxygen atoms in total. The van der Waals surface area contributed by atoms with Crippen LogP contribution in [0.2, 0.25) is 0 Å². The van der Waals surface area contributed by atoms with E-state index in [2.05, 4.69) is 15.4 Å². The third-order valence-corrected chi connectivity index (χ3v) is 5.09. The molecule has 2 aromatic heterocycles. The fourth-order valence-electron chi connectivity index (χ4n) is 3.47. The van der Waals surface area contributed by atoms with Crippen molar-refractivity contribution in [1.82, 2.24) is 14.8 Å². The van der Waals surface area contributed by atoms with Gasteiger partial charge >= 0.3 is 0 Å². The zero-order valence-electron chi connectivity index (χ0n) is 14.9. The number of halogens is 2. The number of nitrogens with one attached hydrogen (secondary N) is 1. The van der Waals surface area contributed by atoms with Crippen molar-refractivity contribution in [2.24, 2.45) is 0 Å². The molecular formula is C19H24F2N4O. The van der Waals surface area contributed by atoms with Gasteiger partial charge in [0, 0.05) is 38.1 Å². The average Bonchev–Trinajstić information content (AvgIpc) is 3.34. The molecular weight excluding hydrogens is 338 g/mol. The van der Waals surface area contributed by atoms with Crippen LogP contribution in [0, 0.1) is 0 Å². The summed E-state index contributed by atoms with van der Waals surface area (Å²) in [6.07, 6.45) is 5.09. The molecule has 0 bridgehead atoms. The predicted octanol–water partition coefficient (Wildman–Crippen LogP) is 4.28. The van der Waals surface area contributed by atoms with Crippen molar-refractivity contribution >= 4 is 5.82 Å². The SMILES string of the molecule is COCc1cc(NC2CCC(F)(F)CC2)nc(-n2ccc(C3CC3)n2)c1. The molecule has 7 heteroatoms. The number of ether oxygens (including phenoxy) is 1. The lowest BCUT2D eigenvalue weighted by molar-refractivity contribution is -0.0361. The molecule has 2 fully saturated rings. The lowest BCUT2D eigenvalue weighted by atomic mass is 9.92. The van der Waals surface area contributed by atoms with Crippen LogP contribution in [0.5, 0.6) is 0 Å². The fraction of sp³-hybridized carbons (Fsp3) is 0.579. The Balaban J connectivity index is 1.54. The van der Waals surface area contributed by atoms with Crippen molar-refractivity contribution < 1.29 is 13.5 Å². The molecule has 2 heterocycles. The molecule has 0 unspecified atom stereocenters.